The zero-order chi connectivity index (χ0) is 14.6. The number of nitrogens with two attached hydrogens (primary N) is 1. The van der Waals surface area contributed by atoms with E-state index in [1.165, 1.54) is 4.31 Å². The maximum atomic E-state index is 12.4. The molecular formula is C13H20N2O4S. The van der Waals surface area contributed by atoms with E-state index in [1.54, 1.807) is 12.1 Å². The smallest absolute Gasteiger partial charge is 0.218 e. The van der Waals surface area contributed by atoms with Gasteiger partial charge in [0.1, 0.15) is 0 Å². The van der Waals surface area contributed by atoms with Crippen LogP contribution in [0.3, 0.4) is 0 Å². The highest BCUT2D eigenvalue weighted by Crippen LogP contribution is 2.17. The predicted octanol–water partition coefficient (Wildman–Crippen LogP) is -0.332. The zero-order valence-electron chi connectivity index (χ0n) is 11.2. The Hall–Kier alpha value is -0.990. The molecule has 0 aliphatic carbocycles. The first kappa shape index (κ1) is 15.4. The molecule has 6 nitrogen and oxygen atoms in total. The van der Waals surface area contributed by atoms with Gasteiger partial charge in [-0.3, -0.25) is 0 Å². The van der Waals surface area contributed by atoms with Gasteiger partial charge in [0, 0.05) is 13.1 Å². The van der Waals surface area contributed by atoms with Gasteiger partial charge in [0.2, 0.25) is 10.0 Å². The molecule has 7 heteroatoms. The van der Waals surface area contributed by atoms with Gasteiger partial charge in [-0.15, -0.1) is 0 Å². The molecule has 20 heavy (non-hydrogen) atoms. The molecule has 1 saturated heterocycles. The van der Waals surface area contributed by atoms with Crippen molar-refractivity contribution < 1.29 is 18.3 Å². The van der Waals surface area contributed by atoms with Crippen LogP contribution in [0.5, 0.6) is 0 Å². The SMILES string of the molecule is NCc1ccc(CS(=O)(=O)N2CCOCC2CO)cc1. The third-order valence-electron chi connectivity index (χ3n) is 3.35. The lowest BCUT2D eigenvalue weighted by Crippen LogP contribution is -2.50. The Bertz CT molecular complexity index is 530. The van der Waals surface area contributed by atoms with E-state index in [0.717, 1.165) is 5.56 Å². The standard InChI is InChI=1S/C13H20N2O4S/c14-7-11-1-3-12(4-2-11)10-20(17,18)15-5-6-19-9-13(15)8-16/h1-4,13,16H,5-10,14H2. The summed E-state index contributed by atoms with van der Waals surface area (Å²) in [5, 5.41) is 9.26. The maximum absolute atomic E-state index is 12.4. The van der Waals surface area contributed by atoms with E-state index in [-0.39, 0.29) is 25.5 Å². The molecule has 0 amide bonds. The molecule has 2 rings (SSSR count). The molecule has 0 spiro atoms. The van der Waals surface area contributed by atoms with E-state index in [4.69, 9.17) is 10.5 Å². The fraction of sp³-hybridized carbons (Fsp3) is 0.538. The highest BCUT2D eigenvalue weighted by molar-refractivity contribution is 7.88. The molecule has 0 aromatic heterocycles. The van der Waals surface area contributed by atoms with E-state index < -0.39 is 16.1 Å². The number of hydrogen-bond donors (Lipinski definition) is 2. The summed E-state index contributed by atoms with van der Waals surface area (Å²) in [5.74, 6) is -0.0750. The monoisotopic (exact) mass is 300 g/mol. The number of rotatable bonds is 5. The van der Waals surface area contributed by atoms with Crippen LogP contribution in [0, 0.1) is 0 Å². The van der Waals surface area contributed by atoms with E-state index in [2.05, 4.69) is 0 Å². The average molecular weight is 300 g/mol. The van der Waals surface area contributed by atoms with Crippen molar-refractivity contribution in [1.29, 1.82) is 0 Å². The van der Waals surface area contributed by atoms with Gasteiger partial charge in [-0.05, 0) is 11.1 Å². The fourth-order valence-electron chi connectivity index (χ4n) is 2.21. The third kappa shape index (κ3) is 3.56. The molecule has 1 aliphatic rings. The Kier molecular flexibility index (Phi) is 5.11. The number of ether oxygens (including phenoxy) is 1. The van der Waals surface area contributed by atoms with Gasteiger partial charge in [0.15, 0.2) is 0 Å². The molecule has 112 valence electrons. The van der Waals surface area contributed by atoms with Crippen LogP contribution in [0.2, 0.25) is 0 Å². The molecule has 1 heterocycles. The number of benzene rings is 1. The van der Waals surface area contributed by atoms with Crippen molar-refractivity contribution in [3.05, 3.63) is 35.4 Å². The second-order valence-electron chi connectivity index (χ2n) is 4.80. The minimum atomic E-state index is -3.46. The molecule has 0 bridgehead atoms. The van der Waals surface area contributed by atoms with Crippen LogP contribution in [0.4, 0.5) is 0 Å². The Morgan fingerprint density at radius 2 is 1.95 bits per heavy atom. The number of hydrogen-bond acceptors (Lipinski definition) is 5. The van der Waals surface area contributed by atoms with Crippen molar-refractivity contribution >= 4 is 10.0 Å². The van der Waals surface area contributed by atoms with Gasteiger partial charge in [-0.1, -0.05) is 24.3 Å². The summed E-state index contributed by atoms with van der Waals surface area (Å²) in [4.78, 5) is 0. The minimum absolute atomic E-state index is 0.0750. The van der Waals surface area contributed by atoms with Crippen molar-refractivity contribution in [2.24, 2.45) is 5.73 Å². The molecule has 1 aliphatic heterocycles. The zero-order valence-corrected chi connectivity index (χ0v) is 12.1. The van der Waals surface area contributed by atoms with Gasteiger partial charge in [0.05, 0.1) is 31.6 Å². The molecule has 0 saturated carbocycles. The normalized spacial score (nSPS) is 21.0. The van der Waals surface area contributed by atoms with E-state index in [0.29, 0.717) is 18.7 Å². The van der Waals surface area contributed by atoms with E-state index in [9.17, 15) is 13.5 Å². The van der Waals surface area contributed by atoms with Crippen LogP contribution in [0.25, 0.3) is 0 Å². The van der Waals surface area contributed by atoms with Crippen LogP contribution in [-0.4, -0.2) is 50.2 Å². The predicted molar refractivity (Wildman–Crippen MR) is 75.4 cm³/mol. The van der Waals surface area contributed by atoms with Crippen molar-refractivity contribution in [3.8, 4) is 0 Å². The quantitative estimate of drug-likeness (QED) is 0.776. The number of aliphatic hydroxyl groups excluding tert-OH is 1. The fourth-order valence-corrected chi connectivity index (χ4v) is 3.93. The lowest BCUT2D eigenvalue weighted by molar-refractivity contribution is 0.0108. The summed E-state index contributed by atoms with van der Waals surface area (Å²) >= 11 is 0. The number of aliphatic hydroxyl groups is 1. The summed E-state index contributed by atoms with van der Waals surface area (Å²) < 4.78 is 31.4. The molecule has 1 aromatic carbocycles. The second-order valence-corrected chi connectivity index (χ2v) is 6.72. The number of sulfonamides is 1. The molecule has 3 N–H and O–H groups in total. The van der Waals surface area contributed by atoms with Crippen LogP contribution in [-0.2, 0) is 27.1 Å². The van der Waals surface area contributed by atoms with E-state index >= 15 is 0 Å². The Morgan fingerprint density at radius 3 is 2.55 bits per heavy atom. The first-order valence-electron chi connectivity index (χ1n) is 6.53. The summed E-state index contributed by atoms with van der Waals surface area (Å²) in [6.07, 6.45) is 0. The minimum Gasteiger partial charge on any atom is -0.395 e. The molecule has 1 fully saturated rings. The molecule has 0 radical (unpaired) electrons. The van der Waals surface area contributed by atoms with Gasteiger partial charge in [-0.25, -0.2) is 8.42 Å². The molecule has 1 unspecified atom stereocenters. The topological polar surface area (TPSA) is 92.9 Å². The number of nitrogens with zero attached hydrogens (tertiary/aromatic N) is 1. The molecular weight excluding hydrogens is 280 g/mol. The second kappa shape index (κ2) is 6.64. The van der Waals surface area contributed by atoms with Crippen molar-refractivity contribution in [3.63, 3.8) is 0 Å². The van der Waals surface area contributed by atoms with Gasteiger partial charge >= 0.3 is 0 Å². The van der Waals surface area contributed by atoms with Crippen molar-refractivity contribution in [2.45, 2.75) is 18.3 Å². The lowest BCUT2D eigenvalue weighted by Gasteiger charge is -2.33. The van der Waals surface area contributed by atoms with E-state index in [1.807, 2.05) is 12.1 Å². The Morgan fingerprint density at radius 1 is 1.30 bits per heavy atom. The summed E-state index contributed by atoms with van der Waals surface area (Å²) in [6, 6.07) is 6.71. The first-order chi connectivity index (χ1) is 9.56. The largest absolute Gasteiger partial charge is 0.395 e. The summed E-state index contributed by atoms with van der Waals surface area (Å²) in [7, 11) is -3.46. The van der Waals surface area contributed by atoms with Crippen molar-refractivity contribution in [1.82, 2.24) is 4.31 Å². The maximum Gasteiger partial charge on any atom is 0.218 e. The van der Waals surface area contributed by atoms with Crippen LogP contribution in [0.15, 0.2) is 24.3 Å². The van der Waals surface area contributed by atoms with Crippen LogP contribution < -0.4 is 5.73 Å². The van der Waals surface area contributed by atoms with Gasteiger partial charge in [-0.2, -0.15) is 4.31 Å². The Balaban J connectivity index is 2.12. The Labute approximate surface area is 119 Å². The summed E-state index contributed by atoms with van der Waals surface area (Å²) in [5.41, 5.74) is 7.19. The highest BCUT2D eigenvalue weighted by Gasteiger charge is 2.32. The average Bonchev–Trinajstić information content (AvgIpc) is 2.47. The molecule has 1 aromatic rings. The molecule has 1 atom stereocenters. The van der Waals surface area contributed by atoms with Crippen molar-refractivity contribution in [2.75, 3.05) is 26.4 Å². The summed E-state index contributed by atoms with van der Waals surface area (Å²) in [6.45, 7) is 1.09. The lowest BCUT2D eigenvalue weighted by atomic mass is 10.1. The van der Waals surface area contributed by atoms with Crippen LogP contribution >= 0.6 is 0 Å². The number of morpholine rings is 1. The van der Waals surface area contributed by atoms with Crippen LogP contribution in [0.1, 0.15) is 11.1 Å². The first-order valence-corrected chi connectivity index (χ1v) is 8.13. The van der Waals surface area contributed by atoms with Gasteiger partial charge in [0.25, 0.3) is 0 Å². The highest BCUT2D eigenvalue weighted by atomic mass is 32.2. The third-order valence-corrected chi connectivity index (χ3v) is 5.24. The van der Waals surface area contributed by atoms with Gasteiger partial charge < -0.3 is 15.6 Å².